The lowest BCUT2D eigenvalue weighted by Crippen LogP contribution is -2.37. The molecule has 33 heavy (non-hydrogen) atoms. The molecule has 0 spiro atoms. The highest BCUT2D eigenvalue weighted by atomic mass is 32.2. The molecule has 2 aromatic carbocycles. The van der Waals surface area contributed by atoms with E-state index in [0.717, 1.165) is 30.1 Å². The van der Waals surface area contributed by atoms with E-state index in [9.17, 15) is 0 Å². The fraction of sp³-hybridized carbons (Fsp3) is 0.444. The number of imidazole rings is 1. The smallest absolute Gasteiger partial charge is 0.187 e. The number of benzene rings is 2. The molecule has 0 radical (unpaired) electrons. The zero-order valence-corrected chi connectivity index (χ0v) is 20.9. The van der Waals surface area contributed by atoms with E-state index >= 15 is 0 Å². The van der Waals surface area contributed by atoms with Crippen LogP contribution in [0.5, 0.6) is 5.75 Å². The van der Waals surface area contributed by atoms with Gasteiger partial charge in [-0.25, -0.2) is 4.98 Å². The number of ether oxygens (including phenoxy) is 3. The lowest BCUT2D eigenvalue weighted by atomic mass is 10.0. The Morgan fingerprint density at radius 1 is 1.15 bits per heavy atom. The molecule has 2 heterocycles. The molecule has 4 rings (SSSR count). The highest BCUT2D eigenvalue weighted by Gasteiger charge is 2.41. The van der Waals surface area contributed by atoms with Crippen LogP contribution in [0.3, 0.4) is 0 Å². The van der Waals surface area contributed by atoms with Gasteiger partial charge in [0.1, 0.15) is 5.75 Å². The van der Waals surface area contributed by atoms with Crippen LogP contribution in [0.2, 0.25) is 0 Å². The molecule has 2 atom stereocenters. The summed E-state index contributed by atoms with van der Waals surface area (Å²) in [6.07, 6.45) is 7.33. The molecule has 1 fully saturated rings. The Bertz CT molecular complexity index is 1010. The van der Waals surface area contributed by atoms with Crippen molar-refractivity contribution in [3.8, 4) is 5.75 Å². The van der Waals surface area contributed by atoms with E-state index in [1.54, 1.807) is 13.3 Å². The summed E-state index contributed by atoms with van der Waals surface area (Å²) in [5.41, 5.74) is 6.76. The predicted octanol–water partition coefficient (Wildman–Crippen LogP) is 5.49. The molecule has 0 aliphatic carbocycles. The Morgan fingerprint density at radius 3 is 2.58 bits per heavy atom. The quantitative estimate of drug-likeness (QED) is 0.395. The first-order valence-electron chi connectivity index (χ1n) is 11.5. The SMILES string of the molecule is COc1ccc(CCC2(Cn3ccnc3)OCC(CSCc3c(C)cc(C)cc3C)O2)cc1. The fourth-order valence-electron chi connectivity index (χ4n) is 4.51. The average molecular weight is 467 g/mol. The summed E-state index contributed by atoms with van der Waals surface area (Å²) in [7, 11) is 1.69. The van der Waals surface area contributed by atoms with Crippen LogP contribution in [0.1, 0.15) is 34.2 Å². The normalized spacial score (nSPS) is 20.3. The second-order valence-electron chi connectivity index (χ2n) is 8.94. The largest absolute Gasteiger partial charge is 0.497 e. The first kappa shape index (κ1) is 23.9. The van der Waals surface area contributed by atoms with Gasteiger partial charge in [-0.3, -0.25) is 0 Å². The van der Waals surface area contributed by atoms with Gasteiger partial charge < -0.3 is 18.8 Å². The summed E-state index contributed by atoms with van der Waals surface area (Å²) in [4.78, 5) is 4.19. The maximum atomic E-state index is 6.59. The minimum atomic E-state index is -0.637. The topological polar surface area (TPSA) is 45.5 Å². The molecule has 1 aliphatic heterocycles. The molecule has 2 unspecified atom stereocenters. The van der Waals surface area contributed by atoms with Crippen LogP contribution >= 0.6 is 11.8 Å². The Balaban J connectivity index is 1.37. The monoisotopic (exact) mass is 466 g/mol. The molecule has 0 amide bonds. The standard InChI is InChI=1S/C27H34N2O3S/c1-20-13-21(2)26(22(3)14-20)17-33-16-25-15-31-27(32-25,18-29-12-11-28-19-29)10-9-23-5-7-24(30-4)8-6-23/h5-8,11-14,19,25H,9-10,15-18H2,1-4H3. The maximum Gasteiger partial charge on any atom is 0.187 e. The average Bonchev–Trinajstić information content (AvgIpc) is 3.45. The molecule has 6 heteroatoms. The number of aryl methyl sites for hydroxylation is 4. The van der Waals surface area contributed by atoms with Crippen molar-refractivity contribution in [1.29, 1.82) is 0 Å². The Hall–Kier alpha value is -2.28. The third kappa shape index (κ3) is 6.19. The molecule has 0 saturated carbocycles. The second kappa shape index (κ2) is 10.8. The number of hydrogen-bond acceptors (Lipinski definition) is 5. The zero-order chi connectivity index (χ0) is 23.3. The van der Waals surface area contributed by atoms with Crippen molar-refractivity contribution < 1.29 is 14.2 Å². The van der Waals surface area contributed by atoms with Gasteiger partial charge in [0.2, 0.25) is 0 Å². The minimum absolute atomic E-state index is 0.0837. The van der Waals surface area contributed by atoms with Gasteiger partial charge >= 0.3 is 0 Å². The Labute approximate surface area is 201 Å². The molecule has 1 saturated heterocycles. The van der Waals surface area contributed by atoms with Gasteiger partial charge in [-0.05, 0) is 61.6 Å². The summed E-state index contributed by atoms with van der Waals surface area (Å²) in [5.74, 6) is 2.15. The van der Waals surface area contributed by atoms with Gasteiger partial charge in [0.05, 0.1) is 32.7 Å². The van der Waals surface area contributed by atoms with Crippen LogP contribution in [0, 0.1) is 20.8 Å². The van der Waals surface area contributed by atoms with Crippen molar-refractivity contribution in [2.24, 2.45) is 0 Å². The highest BCUT2D eigenvalue weighted by Crippen LogP contribution is 2.33. The third-order valence-corrected chi connectivity index (χ3v) is 7.34. The van der Waals surface area contributed by atoms with Crippen molar-refractivity contribution in [3.05, 3.63) is 82.9 Å². The number of hydrogen-bond donors (Lipinski definition) is 0. The molecule has 0 N–H and O–H groups in total. The van der Waals surface area contributed by atoms with Crippen LogP contribution in [-0.4, -0.2) is 40.9 Å². The van der Waals surface area contributed by atoms with Crippen LogP contribution in [0.4, 0.5) is 0 Å². The van der Waals surface area contributed by atoms with Gasteiger partial charge in [-0.2, -0.15) is 11.8 Å². The van der Waals surface area contributed by atoms with Gasteiger partial charge in [0, 0.05) is 30.3 Å². The second-order valence-corrected chi connectivity index (χ2v) is 9.97. The zero-order valence-electron chi connectivity index (χ0n) is 20.0. The molecule has 176 valence electrons. The van der Waals surface area contributed by atoms with Gasteiger partial charge in [-0.15, -0.1) is 0 Å². The molecule has 1 aromatic heterocycles. The van der Waals surface area contributed by atoms with Crippen molar-refractivity contribution in [2.75, 3.05) is 19.5 Å². The molecular weight excluding hydrogens is 432 g/mol. The van der Waals surface area contributed by atoms with Crippen molar-refractivity contribution >= 4 is 11.8 Å². The maximum absolute atomic E-state index is 6.59. The van der Waals surface area contributed by atoms with Gasteiger partial charge in [0.15, 0.2) is 5.79 Å². The summed E-state index contributed by atoms with van der Waals surface area (Å²) in [6.45, 7) is 7.84. The van der Waals surface area contributed by atoms with Crippen LogP contribution in [0.25, 0.3) is 0 Å². The predicted molar refractivity (Wildman–Crippen MR) is 134 cm³/mol. The van der Waals surface area contributed by atoms with Crippen molar-refractivity contribution in [1.82, 2.24) is 9.55 Å². The van der Waals surface area contributed by atoms with E-state index in [4.69, 9.17) is 14.2 Å². The molecule has 3 aromatic rings. The van der Waals surface area contributed by atoms with E-state index in [2.05, 4.69) is 50.0 Å². The molecule has 1 aliphatic rings. The van der Waals surface area contributed by atoms with E-state index < -0.39 is 5.79 Å². The first-order chi connectivity index (χ1) is 16.0. The number of nitrogens with zero attached hydrogens (tertiary/aromatic N) is 2. The fourth-order valence-corrected chi connectivity index (χ4v) is 5.71. The highest BCUT2D eigenvalue weighted by molar-refractivity contribution is 7.98. The number of methoxy groups -OCH3 is 1. The van der Waals surface area contributed by atoms with Gasteiger partial charge in [0.25, 0.3) is 0 Å². The van der Waals surface area contributed by atoms with E-state index in [0.29, 0.717) is 13.2 Å². The number of thioether (sulfide) groups is 1. The van der Waals surface area contributed by atoms with Crippen LogP contribution in [0.15, 0.2) is 55.1 Å². The van der Waals surface area contributed by atoms with E-state index in [-0.39, 0.29) is 6.10 Å². The van der Waals surface area contributed by atoms with Crippen molar-refractivity contribution in [3.63, 3.8) is 0 Å². The number of aromatic nitrogens is 2. The Kier molecular flexibility index (Phi) is 7.78. The first-order valence-corrected chi connectivity index (χ1v) is 12.7. The third-order valence-electron chi connectivity index (χ3n) is 6.24. The summed E-state index contributed by atoms with van der Waals surface area (Å²) < 4.78 is 20.3. The summed E-state index contributed by atoms with van der Waals surface area (Å²) >= 11 is 1.93. The molecule has 0 bridgehead atoms. The molecule has 5 nitrogen and oxygen atoms in total. The minimum Gasteiger partial charge on any atom is -0.497 e. The Morgan fingerprint density at radius 2 is 1.91 bits per heavy atom. The van der Waals surface area contributed by atoms with E-state index in [1.165, 1.54) is 27.8 Å². The summed E-state index contributed by atoms with van der Waals surface area (Å²) in [5, 5.41) is 0. The lowest BCUT2D eigenvalue weighted by molar-refractivity contribution is -0.180. The molecular formula is C27H34N2O3S. The van der Waals surface area contributed by atoms with Crippen LogP contribution in [-0.2, 0) is 28.2 Å². The van der Waals surface area contributed by atoms with Crippen molar-refractivity contribution in [2.45, 2.75) is 57.8 Å². The summed E-state index contributed by atoms with van der Waals surface area (Å²) in [6, 6.07) is 12.8. The lowest BCUT2D eigenvalue weighted by Gasteiger charge is -2.28. The number of rotatable bonds is 10. The van der Waals surface area contributed by atoms with Crippen LogP contribution < -0.4 is 4.74 Å². The van der Waals surface area contributed by atoms with E-state index in [1.807, 2.05) is 41.0 Å². The van der Waals surface area contributed by atoms with Gasteiger partial charge in [-0.1, -0.05) is 29.8 Å².